The summed E-state index contributed by atoms with van der Waals surface area (Å²) < 4.78 is 25.8. The first-order chi connectivity index (χ1) is 13.4. The normalized spacial score (nSPS) is 14.5. The quantitative estimate of drug-likeness (QED) is 0.393. The highest BCUT2D eigenvalue weighted by Gasteiger charge is 2.12. The summed E-state index contributed by atoms with van der Waals surface area (Å²) >= 11 is 0. The van der Waals surface area contributed by atoms with E-state index in [2.05, 4.69) is 4.74 Å². The number of aldehydes is 1. The lowest BCUT2D eigenvalue weighted by molar-refractivity contribution is -0.109. The van der Waals surface area contributed by atoms with Crippen molar-refractivity contribution in [1.82, 2.24) is 0 Å². The van der Waals surface area contributed by atoms with Gasteiger partial charge in [-0.25, -0.2) is 0 Å². The van der Waals surface area contributed by atoms with Crippen LogP contribution in [0.1, 0.15) is 59.3 Å². The van der Waals surface area contributed by atoms with Crippen LogP contribution in [0.25, 0.3) is 0 Å². The monoisotopic (exact) mass is 407 g/mol. The number of carbonyl (C=O) groups is 1. The minimum absolute atomic E-state index is 0.0417. The van der Waals surface area contributed by atoms with Crippen LogP contribution in [-0.4, -0.2) is 78.4 Å². The van der Waals surface area contributed by atoms with Crippen LogP contribution in [0.5, 0.6) is 0 Å². The largest absolute Gasteiger partial charge is 0.383 e. The molecule has 7 heteroatoms. The topological polar surface area (TPSA) is 89.2 Å². The lowest BCUT2D eigenvalue weighted by Gasteiger charge is -2.21. The van der Waals surface area contributed by atoms with Crippen molar-refractivity contribution < 1.29 is 28.5 Å². The zero-order valence-electron chi connectivity index (χ0n) is 18.9. The van der Waals surface area contributed by atoms with Gasteiger partial charge in [-0.2, -0.15) is 0 Å². The fourth-order valence-corrected chi connectivity index (χ4v) is 2.08. The maximum atomic E-state index is 10.0. The number of hydrogen-bond acceptors (Lipinski definition) is 7. The Balaban J connectivity index is 0. The van der Waals surface area contributed by atoms with Gasteiger partial charge in [0.25, 0.3) is 0 Å². The van der Waals surface area contributed by atoms with Gasteiger partial charge in [0.15, 0.2) is 0 Å². The van der Waals surface area contributed by atoms with Crippen LogP contribution in [0.4, 0.5) is 0 Å². The van der Waals surface area contributed by atoms with E-state index in [1.807, 2.05) is 20.8 Å². The predicted octanol–water partition coefficient (Wildman–Crippen LogP) is 2.98. The molecule has 0 saturated heterocycles. The Bertz CT molecular complexity index is 302. The fraction of sp³-hybridized carbons (Fsp3) is 0.952. The van der Waals surface area contributed by atoms with E-state index in [-0.39, 0.29) is 5.60 Å². The Morgan fingerprint density at radius 2 is 1.43 bits per heavy atom. The van der Waals surface area contributed by atoms with Gasteiger partial charge in [-0.3, -0.25) is 0 Å². The second-order valence-electron chi connectivity index (χ2n) is 7.41. The molecule has 1 saturated carbocycles. The van der Waals surface area contributed by atoms with E-state index in [0.717, 1.165) is 6.29 Å². The summed E-state index contributed by atoms with van der Waals surface area (Å²) in [6, 6.07) is 0. The second-order valence-corrected chi connectivity index (χ2v) is 7.41. The molecule has 0 heterocycles. The zero-order chi connectivity index (χ0) is 21.5. The van der Waals surface area contributed by atoms with Crippen LogP contribution in [0, 0.1) is 0 Å². The Morgan fingerprint density at radius 1 is 0.893 bits per heavy atom. The van der Waals surface area contributed by atoms with E-state index >= 15 is 0 Å². The van der Waals surface area contributed by atoms with E-state index in [1.54, 1.807) is 14.2 Å². The lowest BCUT2D eigenvalue weighted by Crippen LogP contribution is -2.19. The van der Waals surface area contributed by atoms with Crippen molar-refractivity contribution in [2.24, 2.45) is 5.73 Å². The van der Waals surface area contributed by atoms with Gasteiger partial charge in [-0.15, -0.1) is 0 Å². The van der Waals surface area contributed by atoms with Crippen molar-refractivity contribution in [1.29, 1.82) is 0 Å². The molecule has 170 valence electrons. The third-order valence-corrected chi connectivity index (χ3v) is 3.82. The Morgan fingerprint density at radius 3 is 1.86 bits per heavy atom. The average molecular weight is 408 g/mol. The molecule has 0 aromatic rings. The highest BCUT2D eigenvalue weighted by molar-refractivity contribution is 5.49. The Hall–Kier alpha value is -0.570. The number of hydrogen-bond donors (Lipinski definition) is 1. The summed E-state index contributed by atoms with van der Waals surface area (Å²) in [4.78, 5) is 10.0. The predicted molar refractivity (Wildman–Crippen MR) is 113 cm³/mol. The molecule has 0 amide bonds. The Kier molecular flexibility index (Phi) is 24.0. The van der Waals surface area contributed by atoms with Crippen molar-refractivity contribution in [2.45, 2.75) is 71.0 Å². The molecule has 1 aliphatic rings. The van der Waals surface area contributed by atoms with Crippen molar-refractivity contribution in [3.8, 4) is 0 Å². The van der Waals surface area contributed by atoms with E-state index in [1.165, 1.54) is 32.1 Å². The van der Waals surface area contributed by atoms with Crippen molar-refractivity contribution >= 4 is 6.29 Å². The summed E-state index contributed by atoms with van der Waals surface area (Å²) in [5.74, 6) is 0. The van der Waals surface area contributed by atoms with Crippen LogP contribution < -0.4 is 5.73 Å². The van der Waals surface area contributed by atoms with Crippen LogP contribution in [0.3, 0.4) is 0 Å². The molecule has 1 rings (SSSR count). The highest BCUT2D eigenvalue weighted by atomic mass is 16.5. The third kappa shape index (κ3) is 27.6. The van der Waals surface area contributed by atoms with Crippen LogP contribution in [0.2, 0.25) is 0 Å². The number of ether oxygens (including phenoxy) is 5. The van der Waals surface area contributed by atoms with Crippen LogP contribution in [0.15, 0.2) is 0 Å². The molecule has 1 fully saturated rings. The molecule has 0 atom stereocenters. The van der Waals surface area contributed by atoms with Gasteiger partial charge in [-0.1, -0.05) is 19.3 Å². The number of nitrogens with two attached hydrogens (primary N) is 1. The van der Waals surface area contributed by atoms with E-state index in [9.17, 15) is 4.79 Å². The second kappa shape index (κ2) is 22.7. The lowest BCUT2D eigenvalue weighted by atomic mass is 9.98. The standard InChI is InChI=1S/C13H24O4.C5H12O.C3H9NO/c14-7-4-8-15-9-10-16-11-12-17-13-5-2-1-3-6-13;1-5(2,3)6-4;1-5-3-2-4/h7,13H,1-6,8-12H2;1-4H3;2-4H2,1H3. The van der Waals surface area contributed by atoms with Gasteiger partial charge in [0.2, 0.25) is 0 Å². The van der Waals surface area contributed by atoms with Gasteiger partial charge >= 0.3 is 0 Å². The fourth-order valence-electron chi connectivity index (χ4n) is 2.08. The maximum absolute atomic E-state index is 10.0. The SMILES string of the molecule is COC(C)(C)C.COCCN.O=CCCOCCOCCOC1CCCCC1. The third-order valence-electron chi connectivity index (χ3n) is 3.82. The molecular formula is C21H45NO6. The van der Waals surface area contributed by atoms with Crippen LogP contribution >= 0.6 is 0 Å². The van der Waals surface area contributed by atoms with Crippen LogP contribution in [-0.2, 0) is 28.5 Å². The molecular weight excluding hydrogens is 362 g/mol. The van der Waals surface area contributed by atoms with Gasteiger partial charge in [0.1, 0.15) is 6.29 Å². The average Bonchev–Trinajstić information content (AvgIpc) is 2.68. The van der Waals surface area contributed by atoms with Gasteiger partial charge < -0.3 is 34.2 Å². The summed E-state index contributed by atoms with van der Waals surface area (Å²) in [7, 11) is 3.34. The van der Waals surface area contributed by atoms with Gasteiger partial charge in [0.05, 0.1) is 51.3 Å². The van der Waals surface area contributed by atoms with Gasteiger partial charge in [-0.05, 0) is 33.6 Å². The van der Waals surface area contributed by atoms with E-state index in [4.69, 9.17) is 24.7 Å². The van der Waals surface area contributed by atoms with E-state index in [0.29, 0.717) is 58.7 Å². The molecule has 0 bridgehead atoms. The molecule has 1 aliphatic carbocycles. The molecule has 0 spiro atoms. The van der Waals surface area contributed by atoms with Crippen molar-refractivity contribution in [2.75, 3.05) is 60.4 Å². The molecule has 0 unspecified atom stereocenters. The molecule has 0 aromatic heterocycles. The first kappa shape index (κ1) is 29.6. The van der Waals surface area contributed by atoms with Crippen molar-refractivity contribution in [3.63, 3.8) is 0 Å². The van der Waals surface area contributed by atoms with Crippen molar-refractivity contribution in [3.05, 3.63) is 0 Å². The minimum Gasteiger partial charge on any atom is -0.383 e. The molecule has 0 radical (unpaired) electrons. The smallest absolute Gasteiger partial charge is 0.122 e. The maximum Gasteiger partial charge on any atom is 0.122 e. The van der Waals surface area contributed by atoms with Gasteiger partial charge in [0, 0.05) is 27.2 Å². The zero-order valence-corrected chi connectivity index (χ0v) is 18.9. The molecule has 0 aromatic carbocycles. The minimum atomic E-state index is 0.0417. The number of methoxy groups -OCH3 is 2. The molecule has 28 heavy (non-hydrogen) atoms. The summed E-state index contributed by atoms with van der Waals surface area (Å²) in [6.07, 6.45) is 8.14. The summed E-state index contributed by atoms with van der Waals surface area (Å²) in [6.45, 7) is 10.3. The Labute approximate surface area is 172 Å². The molecule has 2 N–H and O–H groups in total. The molecule has 0 aliphatic heterocycles. The first-order valence-corrected chi connectivity index (χ1v) is 10.4. The van der Waals surface area contributed by atoms with E-state index < -0.39 is 0 Å². The summed E-state index contributed by atoms with van der Waals surface area (Å²) in [5.41, 5.74) is 5.06. The molecule has 7 nitrogen and oxygen atoms in total. The highest BCUT2D eigenvalue weighted by Crippen LogP contribution is 2.19. The first-order valence-electron chi connectivity index (χ1n) is 10.4. The number of carbonyl (C=O) groups excluding carboxylic acids is 1. The number of rotatable bonds is 12. The summed E-state index contributed by atoms with van der Waals surface area (Å²) in [5, 5.41) is 0.